The molecule has 0 spiro atoms. The smallest absolute Gasteiger partial charge is 0.148 e. The molecule has 6 heteroatoms. The van der Waals surface area contributed by atoms with Crippen molar-refractivity contribution in [1.29, 1.82) is 0 Å². The fraction of sp³-hybridized carbons (Fsp3) is 0.750. The zero-order valence-electron chi connectivity index (χ0n) is 11.3. The molecule has 0 atom stereocenters. The summed E-state index contributed by atoms with van der Waals surface area (Å²) in [6.45, 7) is 6.77. The number of nitrogens with zero attached hydrogens (tertiary/aromatic N) is 2. The first-order chi connectivity index (χ1) is 8.70. The molecule has 104 valence electrons. The van der Waals surface area contributed by atoms with E-state index < -0.39 is 0 Å². The van der Waals surface area contributed by atoms with E-state index >= 15 is 0 Å². The Balaban J connectivity index is 2.40. The molecule has 0 unspecified atom stereocenters. The van der Waals surface area contributed by atoms with E-state index in [9.17, 15) is 0 Å². The number of aromatic nitrogens is 2. The van der Waals surface area contributed by atoms with Gasteiger partial charge in [-0.05, 0) is 19.8 Å². The Kier molecular flexibility index (Phi) is 6.53. The summed E-state index contributed by atoms with van der Waals surface area (Å²) in [4.78, 5) is 0. The molecule has 1 heterocycles. The highest BCUT2D eigenvalue weighted by Gasteiger charge is 2.10. The number of aliphatic hydroxyl groups is 1. The Morgan fingerprint density at radius 2 is 2.22 bits per heavy atom. The van der Waals surface area contributed by atoms with Gasteiger partial charge in [0.15, 0.2) is 0 Å². The summed E-state index contributed by atoms with van der Waals surface area (Å²) in [6.07, 6.45) is 1.89. The van der Waals surface area contributed by atoms with Crippen LogP contribution in [0.2, 0.25) is 0 Å². The van der Waals surface area contributed by atoms with Crippen molar-refractivity contribution in [2.24, 2.45) is 0 Å². The highest BCUT2D eigenvalue weighted by molar-refractivity contribution is 5.64. The van der Waals surface area contributed by atoms with Crippen molar-refractivity contribution in [2.75, 3.05) is 37.4 Å². The Morgan fingerprint density at radius 1 is 1.44 bits per heavy atom. The van der Waals surface area contributed by atoms with Gasteiger partial charge in [-0.15, -0.1) is 0 Å². The van der Waals surface area contributed by atoms with Gasteiger partial charge >= 0.3 is 0 Å². The fourth-order valence-corrected chi connectivity index (χ4v) is 1.70. The highest BCUT2D eigenvalue weighted by Crippen LogP contribution is 2.22. The van der Waals surface area contributed by atoms with Crippen molar-refractivity contribution in [3.63, 3.8) is 0 Å². The van der Waals surface area contributed by atoms with Crippen LogP contribution < -0.4 is 11.1 Å². The number of nitrogen functional groups attached to an aromatic ring is 1. The second kappa shape index (κ2) is 7.94. The predicted octanol–water partition coefficient (Wildman–Crippen LogP) is 0.995. The molecule has 1 rings (SSSR count). The molecule has 18 heavy (non-hydrogen) atoms. The van der Waals surface area contributed by atoms with Gasteiger partial charge in [-0.1, -0.05) is 6.92 Å². The van der Waals surface area contributed by atoms with Crippen molar-refractivity contribution in [1.82, 2.24) is 9.78 Å². The summed E-state index contributed by atoms with van der Waals surface area (Å²) in [5.74, 6) is 0.900. The van der Waals surface area contributed by atoms with E-state index in [4.69, 9.17) is 15.6 Å². The maximum atomic E-state index is 8.57. The zero-order valence-corrected chi connectivity index (χ0v) is 11.3. The SMILES string of the molecule is CCCn1nc(C)c(N)c1NCCCOCCO. The van der Waals surface area contributed by atoms with Crippen LogP contribution >= 0.6 is 0 Å². The van der Waals surface area contributed by atoms with Crippen molar-refractivity contribution in [3.8, 4) is 0 Å². The second-order valence-corrected chi connectivity index (χ2v) is 4.19. The Labute approximate surface area is 108 Å². The van der Waals surface area contributed by atoms with Gasteiger partial charge in [0, 0.05) is 19.7 Å². The number of hydrogen-bond acceptors (Lipinski definition) is 5. The van der Waals surface area contributed by atoms with Gasteiger partial charge < -0.3 is 20.9 Å². The lowest BCUT2D eigenvalue weighted by Crippen LogP contribution is -2.12. The van der Waals surface area contributed by atoms with Crippen LogP contribution in [0.3, 0.4) is 0 Å². The van der Waals surface area contributed by atoms with E-state index in [1.807, 2.05) is 11.6 Å². The number of anilines is 2. The first-order valence-corrected chi connectivity index (χ1v) is 6.46. The largest absolute Gasteiger partial charge is 0.394 e. The number of aryl methyl sites for hydroxylation is 2. The van der Waals surface area contributed by atoms with E-state index in [1.165, 1.54) is 0 Å². The van der Waals surface area contributed by atoms with Crippen LogP contribution in [-0.2, 0) is 11.3 Å². The third kappa shape index (κ3) is 4.19. The van der Waals surface area contributed by atoms with Crippen LogP contribution in [0.15, 0.2) is 0 Å². The van der Waals surface area contributed by atoms with E-state index in [0.717, 1.165) is 43.1 Å². The molecule has 1 aromatic rings. The molecule has 0 aliphatic rings. The number of rotatable bonds is 9. The van der Waals surface area contributed by atoms with E-state index in [0.29, 0.717) is 13.2 Å². The maximum Gasteiger partial charge on any atom is 0.148 e. The number of ether oxygens (including phenoxy) is 1. The summed E-state index contributed by atoms with van der Waals surface area (Å²) in [5, 5.41) is 16.3. The monoisotopic (exact) mass is 256 g/mol. The third-order valence-corrected chi connectivity index (χ3v) is 2.60. The molecule has 6 nitrogen and oxygen atoms in total. The summed E-state index contributed by atoms with van der Waals surface area (Å²) in [7, 11) is 0. The minimum atomic E-state index is 0.0723. The van der Waals surface area contributed by atoms with Crippen molar-refractivity contribution >= 4 is 11.5 Å². The third-order valence-electron chi connectivity index (χ3n) is 2.60. The van der Waals surface area contributed by atoms with Gasteiger partial charge in [-0.2, -0.15) is 5.10 Å². The molecule has 0 amide bonds. The van der Waals surface area contributed by atoms with Crippen LogP contribution in [0.4, 0.5) is 11.5 Å². The molecule has 0 saturated carbocycles. The van der Waals surface area contributed by atoms with Crippen molar-refractivity contribution in [2.45, 2.75) is 33.2 Å². The van der Waals surface area contributed by atoms with Crippen molar-refractivity contribution in [3.05, 3.63) is 5.69 Å². The molecular weight excluding hydrogens is 232 g/mol. The Hall–Kier alpha value is -1.27. The first kappa shape index (κ1) is 14.8. The molecule has 0 bridgehead atoms. The lowest BCUT2D eigenvalue weighted by Gasteiger charge is -2.10. The lowest BCUT2D eigenvalue weighted by atomic mass is 10.3. The lowest BCUT2D eigenvalue weighted by molar-refractivity contribution is 0.0921. The molecule has 0 saturated heterocycles. The number of aliphatic hydroxyl groups excluding tert-OH is 1. The second-order valence-electron chi connectivity index (χ2n) is 4.19. The van der Waals surface area contributed by atoms with Crippen LogP contribution in [-0.4, -0.2) is 41.3 Å². The number of hydrogen-bond donors (Lipinski definition) is 3. The van der Waals surface area contributed by atoms with Gasteiger partial charge in [-0.3, -0.25) is 0 Å². The number of nitrogens with one attached hydrogen (secondary N) is 1. The maximum absolute atomic E-state index is 8.57. The standard InChI is InChI=1S/C12H24N4O2/c1-3-6-16-12(11(13)10(2)15-16)14-5-4-8-18-9-7-17/h14,17H,3-9,13H2,1-2H3. The van der Waals surface area contributed by atoms with Crippen LogP contribution in [0.1, 0.15) is 25.5 Å². The minimum Gasteiger partial charge on any atom is -0.394 e. The zero-order chi connectivity index (χ0) is 13.4. The van der Waals surface area contributed by atoms with Gasteiger partial charge in [0.1, 0.15) is 5.82 Å². The molecule has 0 aliphatic heterocycles. The first-order valence-electron chi connectivity index (χ1n) is 6.46. The summed E-state index contributed by atoms with van der Waals surface area (Å²) < 4.78 is 7.11. The average molecular weight is 256 g/mol. The van der Waals surface area contributed by atoms with Gasteiger partial charge in [-0.25, -0.2) is 4.68 Å². The van der Waals surface area contributed by atoms with Gasteiger partial charge in [0.05, 0.1) is 24.6 Å². The topological polar surface area (TPSA) is 85.3 Å². The Morgan fingerprint density at radius 3 is 2.89 bits per heavy atom. The molecule has 0 aromatic carbocycles. The quantitative estimate of drug-likeness (QED) is 0.574. The molecule has 4 N–H and O–H groups in total. The normalized spacial score (nSPS) is 10.8. The summed E-state index contributed by atoms with van der Waals surface area (Å²) in [5.41, 5.74) is 7.57. The fourth-order valence-electron chi connectivity index (χ4n) is 1.70. The minimum absolute atomic E-state index is 0.0723. The molecule has 0 aliphatic carbocycles. The molecular formula is C12H24N4O2. The Bertz CT molecular complexity index is 352. The van der Waals surface area contributed by atoms with Gasteiger partial charge in [0.2, 0.25) is 0 Å². The molecule has 0 radical (unpaired) electrons. The van der Waals surface area contributed by atoms with Crippen LogP contribution in [0.5, 0.6) is 0 Å². The highest BCUT2D eigenvalue weighted by atomic mass is 16.5. The van der Waals surface area contributed by atoms with E-state index in [2.05, 4.69) is 17.3 Å². The van der Waals surface area contributed by atoms with Crippen molar-refractivity contribution < 1.29 is 9.84 Å². The van der Waals surface area contributed by atoms with Gasteiger partial charge in [0.25, 0.3) is 0 Å². The van der Waals surface area contributed by atoms with E-state index in [-0.39, 0.29) is 6.61 Å². The average Bonchev–Trinajstić information content (AvgIpc) is 2.61. The molecule has 0 fully saturated rings. The summed E-state index contributed by atoms with van der Waals surface area (Å²) in [6, 6.07) is 0. The van der Waals surface area contributed by atoms with Crippen LogP contribution in [0, 0.1) is 6.92 Å². The molecule has 1 aromatic heterocycles. The summed E-state index contributed by atoms with van der Waals surface area (Å²) >= 11 is 0. The van der Waals surface area contributed by atoms with Crippen LogP contribution in [0.25, 0.3) is 0 Å². The predicted molar refractivity (Wildman–Crippen MR) is 72.7 cm³/mol. The number of nitrogens with two attached hydrogens (primary N) is 1. The van der Waals surface area contributed by atoms with E-state index in [1.54, 1.807) is 0 Å².